The van der Waals surface area contributed by atoms with Crippen molar-refractivity contribution in [2.24, 2.45) is 0 Å². The Morgan fingerprint density at radius 2 is 0.750 bits per heavy atom. The molecule has 0 heterocycles. The van der Waals surface area contributed by atoms with Crippen molar-refractivity contribution >= 4 is 11.6 Å². The molecule has 4 aromatic rings. The molecule has 0 aliphatic carbocycles. The number of Topliss-reactive ketones (excluding diaryl/α,β-unsaturated/α-hetero) is 2. The van der Waals surface area contributed by atoms with Crippen molar-refractivity contribution in [3.8, 4) is 34.5 Å². The smallest absolute Gasteiger partial charge is 0.162 e. The molecule has 0 radical (unpaired) electrons. The van der Waals surface area contributed by atoms with Gasteiger partial charge < -0.3 is 19.7 Å². The molecule has 0 fully saturated rings. The number of carbonyl (C=O) groups is 2. The lowest BCUT2D eigenvalue weighted by atomic mass is 10.0. The molecule has 182 valence electrons. The third-order valence-electron chi connectivity index (χ3n) is 5.56. The van der Waals surface area contributed by atoms with Gasteiger partial charge in [0.1, 0.15) is 34.5 Å². The van der Waals surface area contributed by atoms with E-state index in [0.29, 0.717) is 59.8 Å². The summed E-state index contributed by atoms with van der Waals surface area (Å²) in [6.07, 6.45) is 1.98. The standard InChI is InChI=1S/C30H26O6/c31-23-9-17-27(18-10-23)35-25-13-5-21(6-14-25)29(33)3-1-2-4-30(34)22-7-15-26(16-8-22)36-28-19-11-24(32)12-20-28/h5-20,31-32H,1-4H2. The minimum absolute atomic E-state index is 0.0226. The minimum Gasteiger partial charge on any atom is -0.508 e. The van der Waals surface area contributed by atoms with Crippen LogP contribution in [0.5, 0.6) is 34.5 Å². The molecule has 0 aliphatic rings. The van der Waals surface area contributed by atoms with Crippen LogP contribution in [0.3, 0.4) is 0 Å². The normalized spacial score (nSPS) is 10.6. The second-order valence-corrected chi connectivity index (χ2v) is 8.29. The number of phenols is 2. The van der Waals surface area contributed by atoms with E-state index >= 15 is 0 Å². The van der Waals surface area contributed by atoms with Crippen molar-refractivity contribution in [3.63, 3.8) is 0 Å². The lowest BCUT2D eigenvalue weighted by Gasteiger charge is -2.07. The average Bonchev–Trinajstić information content (AvgIpc) is 2.90. The van der Waals surface area contributed by atoms with Gasteiger partial charge in [-0.2, -0.15) is 0 Å². The Balaban J connectivity index is 1.19. The Bertz CT molecular complexity index is 1190. The fraction of sp³-hybridized carbons (Fsp3) is 0.133. The van der Waals surface area contributed by atoms with E-state index in [2.05, 4.69) is 0 Å². The number of unbranched alkanes of at least 4 members (excludes halogenated alkanes) is 1. The number of hydrogen-bond donors (Lipinski definition) is 2. The zero-order chi connectivity index (χ0) is 25.3. The highest BCUT2D eigenvalue weighted by Crippen LogP contribution is 2.25. The molecule has 0 aromatic heterocycles. The number of hydrogen-bond acceptors (Lipinski definition) is 6. The fourth-order valence-corrected chi connectivity index (χ4v) is 3.58. The van der Waals surface area contributed by atoms with Gasteiger partial charge in [-0.15, -0.1) is 0 Å². The van der Waals surface area contributed by atoms with Crippen LogP contribution in [0.1, 0.15) is 46.4 Å². The van der Waals surface area contributed by atoms with Crippen molar-refractivity contribution in [2.45, 2.75) is 25.7 Å². The Labute approximate surface area is 209 Å². The molecule has 6 nitrogen and oxygen atoms in total. The largest absolute Gasteiger partial charge is 0.508 e. The molecule has 0 amide bonds. The summed E-state index contributed by atoms with van der Waals surface area (Å²) in [4.78, 5) is 25.0. The van der Waals surface area contributed by atoms with Gasteiger partial charge in [0.15, 0.2) is 11.6 Å². The number of ketones is 2. The van der Waals surface area contributed by atoms with Gasteiger partial charge in [-0.3, -0.25) is 9.59 Å². The summed E-state index contributed by atoms with van der Waals surface area (Å²) in [6, 6.07) is 26.7. The van der Waals surface area contributed by atoms with Gasteiger partial charge in [-0.1, -0.05) is 0 Å². The Kier molecular flexibility index (Phi) is 7.98. The van der Waals surface area contributed by atoms with E-state index < -0.39 is 0 Å². The van der Waals surface area contributed by atoms with E-state index in [0.717, 1.165) is 0 Å². The summed E-state index contributed by atoms with van der Waals surface area (Å²) in [5, 5.41) is 18.7. The lowest BCUT2D eigenvalue weighted by Crippen LogP contribution is -2.02. The predicted octanol–water partition coefficient (Wildman–Crippen LogP) is 7.31. The van der Waals surface area contributed by atoms with Crippen LogP contribution in [-0.4, -0.2) is 21.8 Å². The molecular weight excluding hydrogens is 456 g/mol. The van der Waals surface area contributed by atoms with Crippen molar-refractivity contribution in [1.82, 2.24) is 0 Å². The Morgan fingerprint density at radius 3 is 1.06 bits per heavy atom. The maximum Gasteiger partial charge on any atom is 0.162 e. The van der Waals surface area contributed by atoms with Crippen molar-refractivity contribution in [1.29, 1.82) is 0 Å². The number of phenolic OH excluding ortho intramolecular Hbond substituents is 2. The van der Waals surface area contributed by atoms with Gasteiger partial charge >= 0.3 is 0 Å². The van der Waals surface area contributed by atoms with Gasteiger partial charge in [0, 0.05) is 24.0 Å². The van der Waals surface area contributed by atoms with Crippen LogP contribution in [-0.2, 0) is 0 Å². The van der Waals surface area contributed by atoms with Crippen LogP contribution in [0.15, 0.2) is 97.1 Å². The molecule has 0 aliphatic heterocycles. The van der Waals surface area contributed by atoms with E-state index in [1.165, 1.54) is 0 Å². The molecule has 0 saturated carbocycles. The first-order valence-electron chi connectivity index (χ1n) is 11.7. The number of benzene rings is 4. The fourth-order valence-electron chi connectivity index (χ4n) is 3.58. The molecule has 6 heteroatoms. The van der Waals surface area contributed by atoms with Crippen LogP contribution in [0.25, 0.3) is 0 Å². The van der Waals surface area contributed by atoms with Crippen LogP contribution in [0.4, 0.5) is 0 Å². The Hall–Kier alpha value is -4.58. The summed E-state index contributed by atoms with van der Waals surface area (Å²) < 4.78 is 11.4. The van der Waals surface area contributed by atoms with Crippen LogP contribution >= 0.6 is 0 Å². The summed E-state index contributed by atoms with van der Waals surface area (Å²) in [6.45, 7) is 0. The summed E-state index contributed by atoms with van der Waals surface area (Å²) in [5.74, 6) is 2.76. The molecular formula is C30H26O6. The molecule has 2 N–H and O–H groups in total. The number of rotatable bonds is 11. The van der Waals surface area contributed by atoms with E-state index in [9.17, 15) is 19.8 Å². The van der Waals surface area contributed by atoms with Crippen LogP contribution < -0.4 is 9.47 Å². The number of ether oxygens (including phenoxy) is 2. The molecule has 4 rings (SSSR count). The van der Waals surface area contributed by atoms with Gasteiger partial charge in [0.2, 0.25) is 0 Å². The quantitative estimate of drug-likeness (QED) is 0.172. The van der Waals surface area contributed by atoms with E-state index in [-0.39, 0.29) is 23.1 Å². The third kappa shape index (κ3) is 6.96. The Morgan fingerprint density at radius 1 is 0.472 bits per heavy atom. The highest BCUT2D eigenvalue weighted by Gasteiger charge is 2.10. The van der Waals surface area contributed by atoms with Crippen molar-refractivity contribution in [2.75, 3.05) is 0 Å². The second-order valence-electron chi connectivity index (χ2n) is 8.29. The zero-order valence-corrected chi connectivity index (χ0v) is 19.6. The summed E-state index contributed by atoms with van der Waals surface area (Å²) in [7, 11) is 0. The van der Waals surface area contributed by atoms with Crippen molar-refractivity contribution < 1.29 is 29.3 Å². The van der Waals surface area contributed by atoms with Crippen LogP contribution in [0.2, 0.25) is 0 Å². The minimum atomic E-state index is 0.0226. The third-order valence-corrected chi connectivity index (χ3v) is 5.56. The topological polar surface area (TPSA) is 93.1 Å². The lowest BCUT2D eigenvalue weighted by molar-refractivity contribution is 0.0954. The molecule has 0 unspecified atom stereocenters. The maximum absolute atomic E-state index is 12.5. The predicted molar refractivity (Wildman–Crippen MR) is 136 cm³/mol. The first-order valence-corrected chi connectivity index (χ1v) is 11.7. The molecule has 0 spiro atoms. The SMILES string of the molecule is O=C(CCCCC(=O)c1ccc(Oc2ccc(O)cc2)cc1)c1ccc(Oc2ccc(O)cc2)cc1. The second kappa shape index (κ2) is 11.7. The van der Waals surface area contributed by atoms with Gasteiger partial charge in [-0.25, -0.2) is 0 Å². The number of aromatic hydroxyl groups is 2. The van der Waals surface area contributed by atoms with E-state index in [1.54, 1.807) is 97.1 Å². The van der Waals surface area contributed by atoms with Gasteiger partial charge in [-0.05, 0) is 110 Å². The van der Waals surface area contributed by atoms with E-state index in [4.69, 9.17) is 9.47 Å². The average molecular weight is 483 g/mol. The van der Waals surface area contributed by atoms with Crippen molar-refractivity contribution in [3.05, 3.63) is 108 Å². The highest BCUT2D eigenvalue weighted by molar-refractivity contribution is 5.97. The molecule has 0 saturated heterocycles. The maximum atomic E-state index is 12.5. The molecule has 0 bridgehead atoms. The first kappa shape index (κ1) is 24.5. The summed E-state index contributed by atoms with van der Waals surface area (Å²) >= 11 is 0. The van der Waals surface area contributed by atoms with E-state index in [1.807, 2.05) is 0 Å². The highest BCUT2D eigenvalue weighted by atomic mass is 16.5. The monoisotopic (exact) mass is 482 g/mol. The van der Waals surface area contributed by atoms with Gasteiger partial charge in [0.25, 0.3) is 0 Å². The molecule has 0 atom stereocenters. The summed E-state index contributed by atoms with van der Waals surface area (Å²) in [5.41, 5.74) is 1.20. The zero-order valence-electron chi connectivity index (χ0n) is 19.6. The molecule has 36 heavy (non-hydrogen) atoms. The number of carbonyl (C=O) groups excluding carboxylic acids is 2. The molecule has 4 aromatic carbocycles. The van der Waals surface area contributed by atoms with Gasteiger partial charge in [0.05, 0.1) is 0 Å². The van der Waals surface area contributed by atoms with Crippen LogP contribution in [0, 0.1) is 0 Å². The first-order chi connectivity index (χ1) is 17.5.